The molecule has 0 unspecified atom stereocenters. The van der Waals surface area contributed by atoms with Gasteiger partial charge in [0.1, 0.15) is 0 Å². The minimum Gasteiger partial charge on any atom is -0.394 e. The van der Waals surface area contributed by atoms with E-state index in [0.717, 1.165) is 25.7 Å². The smallest absolute Gasteiger partial charge is 0.223 e. The van der Waals surface area contributed by atoms with Gasteiger partial charge in [0.05, 0.1) is 18.8 Å². The predicted molar refractivity (Wildman–Crippen MR) is 61.9 cm³/mol. The molecule has 0 spiro atoms. The summed E-state index contributed by atoms with van der Waals surface area (Å²) in [4.78, 5) is 12.0. The average molecular weight is 229 g/mol. The summed E-state index contributed by atoms with van der Waals surface area (Å²) in [7, 11) is 0. The van der Waals surface area contributed by atoms with Gasteiger partial charge in [-0.3, -0.25) is 4.79 Å². The molecule has 0 heterocycles. The molecule has 0 radical (unpaired) electrons. The molecule has 0 aromatic heterocycles. The van der Waals surface area contributed by atoms with Crippen molar-refractivity contribution in [3.05, 3.63) is 0 Å². The van der Waals surface area contributed by atoms with Gasteiger partial charge in [-0.25, -0.2) is 0 Å². The van der Waals surface area contributed by atoms with E-state index >= 15 is 0 Å². The van der Waals surface area contributed by atoms with E-state index in [1.54, 1.807) is 0 Å². The Bertz CT molecular complexity index is 212. The van der Waals surface area contributed by atoms with Crippen LogP contribution in [-0.4, -0.2) is 34.9 Å². The Morgan fingerprint density at radius 3 is 2.25 bits per heavy atom. The van der Waals surface area contributed by atoms with Crippen LogP contribution >= 0.6 is 0 Å². The molecule has 1 amide bonds. The zero-order valence-electron chi connectivity index (χ0n) is 10.0. The van der Waals surface area contributed by atoms with Gasteiger partial charge in [-0.1, -0.05) is 26.2 Å². The van der Waals surface area contributed by atoms with Gasteiger partial charge >= 0.3 is 0 Å². The summed E-state index contributed by atoms with van der Waals surface area (Å²) in [5.74, 6) is 0.0578. The summed E-state index contributed by atoms with van der Waals surface area (Å²) in [6.45, 7) is 1.44. The maximum atomic E-state index is 12.0. The van der Waals surface area contributed by atoms with Crippen molar-refractivity contribution in [3.63, 3.8) is 0 Å². The van der Waals surface area contributed by atoms with Crippen molar-refractivity contribution in [1.82, 2.24) is 5.32 Å². The molecule has 0 aromatic rings. The van der Waals surface area contributed by atoms with Gasteiger partial charge in [0.25, 0.3) is 0 Å². The lowest BCUT2D eigenvalue weighted by Gasteiger charge is -2.32. The molecule has 1 saturated carbocycles. The zero-order valence-corrected chi connectivity index (χ0v) is 10.0. The van der Waals surface area contributed by atoms with Crippen LogP contribution in [0.2, 0.25) is 0 Å². The first kappa shape index (κ1) is 13.5. The van der Waals surface area contributed by atoms with Crippen LogP contribution < -0.4 is 5.32 Å². The van der Waals surface area contributed by atoms with E-state index in [0.29, 0.717) is 6.42 Å². The predicted octanol–water partition coefficient (Wildman–Crippen LogP) is 0.816. The molecule has 1 aliphatic carbocycles. The van der Waals surface area contributed by atoms with Gasteiger partial charge in [-0.15, -0.1) is 0 Å². The SMILES string of the molecule is CCC(CO)(CO)NC(=O)C1CCCCC1. The largest absolute Gasteiger partial charge is 0.394 e. The second-order valence-corrected chi connectivity index (χ2v) is 4.77. The van der Waals surface area contributed by atoms with Crippen LogP contribution in [0, 0.1) is 5.92 Å². The number of rotatable bonds is 5. The van der Waals surface area contributed by atoms with Gasteiger partial charge < -0.3 is 15.5 Å². The Morgan fingerprint density at radius 1 is 1.25 bits per heavy atom. The summed E-state index contributed by atoms with van der Waals surface area (Å²) in [5.41, 5.74) is -0.839. The van der Waals surface area contributed by atoms with Crippen molar-refractivity contribution in [2.75, 3.05) is 13.2 Å². The topological polar surface area (TPSA) is 69.6 Å². The highest BCUT2D eigenvalue weighted by atomic mass is 16.3. The molecular formula is C12H23NO3. The van der Waals surface area contributed by atoms with E-state index in [4.69, 9.17) is 0 Å². The maximum absolute atomic E-state index is 12.0. The molecule has 16 heavy (non-hydrogen) atoms. The summed E-state index contributed by atoms with van der Waals surface area (Å²) in [6.07, 6.45) is 5.83. The van der Waals surface area contributed by atoms with Gasteiger partial charge in [0.2, 0.25) is 5.91 Å². The van der Waals surface area contributed by atoms with Crippen molar-refractivity contribution in [3.8, 4) is 0 Å². The van der Waals surface area contributed by atoms with Crippen LogP contribution in [0.4, 0.5) is 0 Å². The van der Waals surface area contributed by atoms with E-state index < -0.39 is 5.54 Å². The van der Waals surface area contributed by atoms with Crippen LogP contribution in [-0.2, 0) is 4.79 Å². The summed E-state index contributed by atoms with van der Waals surface area (Å²) < 4.78 is 0. The number of hydrogen-bond donors (Lipinski definition) is 3. The lowest BCUT2D eigenvalue weighted by Crippen LogP contribution is -2.55. The molecule has 0 saturated heterocycles. The first-order valence-corrected chi connectivity index (χ1v) is 6.21. The fourth-order valence-corrected chi connectivity index (χ4v) is 2.17. The van der Waals surface area contributed by atoms with Gasteiger partial charge in [0, 0.05) is 5.92 Å². The number of nitrogens with one attached hydrogen (secondary N) is 1. The molecule has 1 fully saturated rings. The monoisotopic (exact) mass is 229 g/mol. The molecule has 1 rings (SSSR count). The summed E-state index contributed by atoms with van der Waals surface area (Å²) in [5, 5.41) is 21.3. The van der Waals surface area contributed by atoms with Crippen molar-refractivity contribution in [2.45, 2.75) is 51.0 Å². The Labute approximate surface area is 97.0 Å². The lowest BCUT2D eigenvalue weighted by molar-refractivity contribution is -0.129. The third-order valence-corrected chi connectivity index (χ3v) is 3.65. The van der Waals surface area contributed by atoms with E-state index in [9.17, 15) is 15.0 Å². The number of carbonyl (C=O) groups is 1. The van der Waals surface area contributed by atoms with Crippen molar-refractivity contribution in [1.29, 1.82) is 0 Å². The first-order valence-electron chi connectivity index (χ1n) is 6.21. The van der Waals surface area contributed by atoms with Crippen LogP contribution in [0.15, 0.2) is 0 Å². The van der Waals surface area contributed by atoms with Gasteiger partial charge in [-0.05, 0) is 19.3 Å². The quantitative estimate of drug-likeness (QED) is 0.653. The summed E-state index contributed by atoms with van der Waals surface area (Å²) >= 11 is 0. The van der Waals surface area contributed by atoms with Crippen LogP contribution in [0.5, 0.6) is 0 Å². The average Bonchev–Trinajstić information content (AvgIpc) is 2.37. The zero-order chi connectivity index (χ0) is 12.0. The van der Waals surface area contributed by atoms with Gasteiger partial charge in [-0.2, -0.15) is 0 Å². The molecule has 1 aliphatic rings. The third-order valence-electron chi connectivity index (χ3n) is 3.65. The fourth-order valence-electron chi connectivity index (χ4n) is 2.17. The molecule has 94 valence electrons. The van der Waals surface area contributed by atoms with E-state index in [-0.39, 0.29) is 25.0 Å². The molecule has 3 N–H and O–H groups in total. The molecule has 0 atom stereocenters. The Hall–Kier alpha value is -0.610. The van der Waals surface area contributed by atoms with Gasteiger partial charge in [0.15, 0.2) is 0 Å². The highest BCUT2D eigenvalue weighted by Gasteiger charge is 2.31. The van der Waals surface area contributed by atoms with Crippen LogP contribution in [0.1, 0.15) is 45.4 Å². The van der Waals surface area contributed by atoms with Crippen LogP contribution in [0.25, 0.3) is 0 Å². The standard InChI is InChI=1S/C12H23NO3/c1-2-12(8-14,9-15)13-11(16)10-6-4-3-5-7-10/h10,14-15H,2-9H2,1H3,(H,13,16). The number of hydrogen-bond acceptors (Lipinski definition) is 3. The second kappa shape index (κ2) is 6.21. The molecule has 4 nitrogen and oxygen atoms in total. The highest BCUT2D eigenvalue weighted by molar-refractivity contribution is 5.79. The minimum atomic E-state index is -0.839. The normalized spacial score (nSPS) is 18.4. The first-order chi connectivity index (χ1) is 7.67. The number of aliphatic hydroxyl groups excluding tert-OH is 2. The fraction of sp³-hybridized carbons (Fsp3) is 0.917. The summed E-state index contributed by atoms with van der Waals surface area (Å²) in [6, 6.07) is 0. The molecular weight excluding hydrogens is 206 g/mol. The molecule has 0 aromatic carbocycles. The van der Waals surface area contributed by atoms with E-state index in [2.05, 4.69) is 5.32 Å². The van der Waals surface area contributed by atoms with Crippen molar-refractivity contribution >= 4 is 5.91 Å². The van der Waals surface area contributed by atoms with E-state index in [1.165, 1.54) is 6.42 Å². The second-order valence-electron chi connectivity index (χ2n) is 4.77. The van der Waals surface area contributed by atoms with Crippen LogP contribution in [0.3, 0.4) is 0 Å². The highest BCUT2D eigenvalue weighted by Crippen LogP contribution is 2.24. The van der Waals surface area contributed by atoms with Crippen molar-refractivity contribution < 1.29 is 15.0 Å². The third kappa shape index (κ3) is 3.19. The number of amides is 1. The Kier molecular flexibility index (Phi) is 5.22. The molecule has 0 aliphatic heterocycles. The molecule has 0 bridgehead atoms. The molecule has 4 heteroatoms. The number of carbonyl (C=O) groups excluding carboxylic acids is 1. The number of aliphatic hydroxyl groups is 2. The Balaban J connectivity index is 2.53. The van der Waals surface area contributed by atoms with Crippen molar-refractivity contribution in [2.24, 2.45) is 5.92 Å². The minimum absolute atomic E-state index is 0.00958. The van der Waals surface area contributed by atoms with E-state index in [1.807, 2.05) is 6.92 Å². The maximum Gasteiger partial charge on any atom is 0.223 e. The Morgan fingerprint density at radius 2 is 1.81 bits per heavy atom. The lowest BCUT2D eigenvalue weighted by atomic mass is 9.87.